The lowest BCUT2D eigenvalue weighted by Crippen LogP contribution is -2.63. The maximum Gasteiger partial charge on any atom is 0.326 e. The molecule has 8 atom stereocenters. The van der Waals surface area contributed by atoms with E-state index >= 15 is 0 Å². The van der Waals surface area contributed by atoms with Crippen molar-refractivity contribution in [1.29, 1.82) is 0 Å². The molecular formula is C53H85N7O11. The number of carbonyl (C=O) groups excluding carboxylic acids is 6. The number of unbranched alkanes of at least 4 members (excludes halogenated alkanes) is 13. The van der Waals surface area contributed by atoms with Crippen LogP contribution in [0.1, 0.15) is 155 Å². The summed E-state index contributed by atoms with van der Waals surface area (Å²) in [5.41, 5.74) is 6.84. The minimum atomic E-state index is -1.68. The van der Waals surface area contributed by atoms with Crippen LogP contribution < -0.4 is 37.6 Å². The lowest BCUT2D eigenvalue weighted by Gasteiger charge is -2.30. The van der Waals surface area contributed by atoms with Crippen LogP contribution in [0.2, 0.25) is 0 Å². The first kappa shape index (κ1) is 61.5. The molecule has 0 aliphatic heterocycles. The predicted molar refractivity (Wildman–Crippen MR) is 273 cm³/mol. The average Bonchev–Trinajstić information content (AvgIpc) is 3.32. The molecule has 18 nitrogen and oxygen atoms in total. The van der Waals surface area contributed by atoms with Gasteiger partial charge in [0.1, 0.15) is 42.0 Å². The monoisotopic (exact) mass is 996 g/mol. The van der Waals surface area contributed by atoms with Gasteiger partial charge in [-0.15, -0.1) is 0 Å². The average molecular weight is 996 g/mol. The number of carboxylic acid groups (broad SMARTS) is 1. The van der Waals surface area contributed by atoms with Gasteiger partial charge in [0.15, 0.2) is 0 Å². The summed E-state index contributed by atoms with van der Waals surface area (Å²) in [7, 11) is 0. The molecule has 0 bridgehead atoms. The van der Waals surface area contributed by atoms with Gasteiger partial charge < -0.3 is 58.1 Å². The number of aliphatic hydroxyl groups is 2. The summed E-state index contributed by atoms with van der Waals surface area (Å²) in [5, 5.41) is 56.7. The Hall–Kier alpha value is -5.59. The fourth-order valence-corrected chi connectivity index (χ4v) is 8.08. The molecule has 2 aromatic rings. The number of rotatable bonds is 37. The summed E-state index contributed by atoms with van der Waals surface area (Å²) in [4.78, 5) is 94.5. The number of phenolic OH excluding ortho intramolecular Hbond substituents is 1. The van der Waals surface area contributed by atoms with Crippen LogP contribution in [-0.4, -0.2) is 117 Å². The molecule has 0 saturated heterocycles. The maximum absolute atomic E-state index is 14.2. The number of aliphatic carboxylic acids is 1. The number of phenols is 1. The Balaban J connectivity index is 2.16. The predicted octanol–water partition coefficient (Wildman–Crippen LogP) is 4.20. The molecule has 0 radical (unpaired) electrons. The van der Waals surface area contributed by atoms with Crippen LogP contribution in [0, 0.1) is 5.92 Å². The van der Waals surface area contributed by atoms with E-state index in [9.17, 15) is 54.0 Å². The molecule has 18 heteroatoms. The van der Waals surface area contributed by atoms with Gasteiger partial charge in [-0.1, -0.05) is 140 Å². The van der Waals surface area contributed by atoms with Crippen molar-refractivity contribution < 1.29 is 54.0 Å². The van der Waals surface area contributed by atoms with Crippen molar-refractivity contribution >= 4 is 41.4 Å². The lowest BCUT2D eigenvalue weighted by molar-refractivity contribution is -0.142. The quantitative estimate of drug-likeness (QED) is 0.0425. The number of hydrogen-bond acceptors (Lipinski definition) is 11. The molecule has 0 aliphatic carbocycles. The summed E-state index contributed by atoms with van der Waals surface area (Å²) >= 11 is 0. The number of carboxylic acids is 1. The van der Waals surface area contributed by atoms with Gasteiger partial charge in [0, 0.05) is 19.3 Å². The van der Waals surface area contributed by atoms with Crippen molar-refractivity contribution in [1.82, 2.24) is 31.9 Å². The fraction of sp³-hybridized carbons (Fsp3) is 0.642. The second kappa shape index (κ2) is 34.7. The van der Waals surface area contributed by atoms with Crippen molar-refractivity contribution in [3.63, 3.8) is 0 Å². The van der Waals surface area contributed by atoms with Crippen molar-refractivity contribution in [3.8, 4) is 5.75 Å². The number of benzene rings is 2. The van der Waals surface area contributed by atoms with Crippen LogP contribution in [0.5, 0.6) is 5.75 Å². The molecule has 2 aromatic carbocycles. The molecule has 71 heavy (non-hydrogen) atoms. The smallest absolute Gasteiger partial charge is 0.326 e. The summed E-state index contributed by atoms with van der Waals surface area (Å²) in [5.74, 6) is -6.71. The summed E-state index contributed by atoms with van der Waals surface area (Å²) in [6.45, 7) is 8.35. The number of hydrogen-bond donors (Lipinski definition) is 11. The van der Waals surface area contributed by atoms with Crippen LogP contribution in [-0.2, 0) is 46.4 Å². The Labute approximate surface area is 420 Å². The minimum absolute atomic E-state index is 0.0318. The van der Waals surface area contributed by atoms with Gasteiger partial charge in [0.2, 0.25) is 35.4 Å². The number of nitrogens with one attached hydrogen (secondary N) is 6. The number of aliphatic hydroxyl groups excluding tert-OH is 2. The zero-order valence-electron chi connectivity index (χ0n) is 42.8. The molecular weight excluding hydrogens is 911 g/mol. The Kier molecular flexibility index (Phi) is 30.1. The molecule has 0 aliphatic rings. The Morgan fingerprint density at radius 1 is 0.493 bits per heavy atom. The van der Waals surface area contributed by atoms with Gasteiger partial charge in [-0.3, -0.25) is 28.8 Å². The molecule has 0 unspecified atom stereocenters. The van der Waals surface area contributed by atoms with Crippen molar-refractivity contribution in [3.05, 3.63) is 65.7 Å². The van der Waals surface area contributed by atoms with E-state index in [1.54, 1.807) is 44.2 Å². The first-order chi connectivity index (χ1) is 33.9. The first-order valence-electron chi connectivity index (χ1n) is 25.8. The molecule has 6 amide bonds. The van der Waals surface area contributed by atoms with Crippen LogP contribution >= 0.6 is 0 Å². The highest BCUT2D eigenvalue weighted by molar-refractivity contribution is 5.97. The lowest BCUT2D eigenvalue weighted by atomic mass is 10.00. The third kappa shape index (κ3) is 24.9. The van der Waals surface area contributed by atoms with E-state index in [4.69, 9.17) is 5.73 Å². The van der Waals surface area contributed by atoms with Crippen LogP contribution in [0.4, 0.5) is 0 Å². The Morgan fingerprint density at radius 2 is 0.930 bits per heavy atom. The molecule has 398 valence electrons. The van der Waals surface area contributed by atoms with E-state index in [-0.39, 0.29) is 31.4 Å². The molecule has 12 N–H and O–H groups in total. The van der Waals surface area contributed by atoms with Crippen LogP contribution in [0.15, 0.2) is 54.6 Å². The molecule has 0 aromatic heterocycles. The van der Waals surface area contributed by atoms with Crippen LogP contribution in [0.25, 0.3) is 0 Å². The van der Waals surface area contributed by atoms with Gasteiger partial charge in [-0.05, 0) is 75.3 Å². The number of carbonyl (C=O) groups is 7. The largest absolute Gasteiger partial charge is 0.508 e. The van der Waals surface area contributed by atoms with Gasteiger partial charge in [-0.2, -0.15) is 0 Å². The zero-order valence-corrected chi connectivity index (χ0v) is 42.8. The van der Waals surface area contributed by atoms with Gasteiger partial charge in [-0.25, -0.2) is 4.79 Å². The highest BCUT2D eigenvalue weighted by Gasteiger charge is 2.36. The summed E-state index contributed by atoms with van der Waals surface area (Å²) < 4.78 is 0. The van der Waals surface area contributed by atoms with E-state index in [0.717, 1.165) is 25.7 Å². The number of nitrogens with two attached hydrogens (primary N) is 1. The number of aromatic hydroxyl groups is 1. The van der Waals surface area contributed by atoms with Gasteiger partial charge in [0.25, 0.3) is 0 Å². The zero-order chi connectivity index (χ0) is 52.7. The van der Waals surface area contributed by atoms with E-state index in [0.29, 0.717) is 36.9 Å². The molecule has 0 spiro atoms. The highest BCUT2D eigenvalue weighted by Crippen LogP contribution is 2.16. The second-order valence-corrected chi connectivity index (χ2v) is 19.1. The van der Waals surface area contributed by atoms with Crippen molar-refractivity contribution in [2.45, 2.75) is 205 Å². The molecule has 0 heterocycles. The topological polar surface area (TPSA) is 299 Å². The highest BCUT2D eigenvalue weighted by atomic mass is 16.4. The Morgan fingerprint density at radius 3 is 1.45 bits per heavy atom. The summed E-state index contributed by atoms with van der Waals surface area (Å²) in [6, 6.07) is 6.05. The minimum Gasteiger partial charge on any atom is -0.508 e. The Bertz CT molecular complexity index is 1900. The van der Waals surface area contributed by atoms with E-state index < -0.39 is 95.8 Å². The standard InChI is InChI=1S/C53H85N7O11/c1-6-7-8-9-10-11-12-13-14-15-16-17-21-27-44(64)58-46(36(4)61)52(69)59-45(35(2)3)50(67)60-47(37(5)62)51(68)56-42(33-39-28-30-40(63)31-29-39)49(66)55-41(26-22-23-32-54)48(65)57-43(53(70)71)34-38-24-19-18-20-25-38/h18-20,24-25,28-31,35-37,41-43,45-47,61-63H,6-17,21-23,26-27,32-34,54H2,1-5H3,(H,55,66)(H,56,68)(H,57,65)(H,58,64)(H,59,69)(H,60,67)(H,70,71)/t36-,37-,41+,42+,43+,45+,46+,47+/m1/s1. The fourth-order valence-electron chi connectivity index (χ4n) is 8.08. The second-order valence-electron chi connectivity index (χ2n) is 19.1. The van der Waals surface area contributed by atoms with E-state index in [1.807, 2.05) is 0 Å². The van der Waals surface area contributed by atoms with Crippen molar-refractivity contribution in [2.24, 2.45) is 11.7 Å². The SMILES string of the molecule is CCCCCCCCCCCCCCCC(=O)N[C@H](C(=O)N[C@H](C(=O)N[C@H](C(=O)N[C@@H](Cc1ccc(O)cc1)C(=O)N[C@@H](CCCCN)C(=O)N[C@@H](Cc1ccccc1)C(=O)O)[C@@H](C)O)C(C)C)[C@@H](C)O. The molecule has 0 fully saturated rings. The van der Waals surface area contributed by atoms with E-state index in [2.05, 4.69) is 38.8 Å². The number of amides is 6. The van der Waals surface area contributed by atoms with Gasteiger partial charge in [0.05, 0.1) is 12.2 Å². The van der Waals surface area contributed by atoms with Gasteiger partial charge >= 0.3 is 5.97 Å². The third-order valence-electron chi connectivity index (χ3n) is 12.4. The van der Waals surface area contributed by atoms with Crippen LogP contribution in [0.3, 0.4) is 0 Å². The summed E-state index contributed by atoms with van der Waals surface area (Å²) in [6.07, 6.45) is 12.9. The van der Waals surface area contributed by atoms with Crippen molar-refractivity contribution in [2.75, 3.05) is 6.54 Å². The first-order valence-corrected chi connectivity index (χ1v) is 25.8. The van der Waals surface area contributed by atoms with E-state index in [1.165, 1.54) is 89.5 Å². The molecule has 2 rings (SSSR count). The molecule has 0 saturated carbocycles. The maximum atomic E-state index is 14.2. The normalized spacial score (nSPS) is 14.7. The third-order valence-corrected chi connectivity index (χ3v) is 12.4.